The van der Waals surface area contributed by atoms with Crippen LogP contribution < -0.4 is 14.8 Å². The average molecular weight is 441 g/mol. The molecule has 3 rings (SSSR count). The molecule has 3 N–H and O–H groups in total. The minimum atomic E-state index is -3.60. The van der Waals surface area contributed by atoms with Gasteiger partial charge >= 0.3 is 0 Å². The van der Waals surface area contributed by atoms with Crippen LogP contribution in [0.25, 0.3) is 12.2 Å². The molecule has 3 aromatic rings. The van der Waals surface area contributed by atoms with Gasteiger partial charge in [0.1, 0.15) is 5.75 Å². The quantitative estimate of drug-likeness (QED) is 0.415. The fourth-order valence-corrected chi connectivity index (χ4v) is 3.72. The van der Waals surface area contributed by atoms with E-state index in [2.05, 4.69) is 20.0 Å². The fourth-order valence-electron chi connectivity index (χ4n) is 2.64. The van der Waals surface area contributed by atoms with Crippen molar-refractivity contribution in [3.63, 3.8) is 0 Å². The number of hydrogen-bond acceptors (Lipinski definition) is 7. The van der Waals surface area contributed by atoms with Gasteiger partial charge < -0.3 is 15.2 Å². The van der Waals surface area contributed by atoms with Crippen molar-refractivity contribution in [1.29, 1.82) is 0 Å². The lowest BCUT2D eigenvalue weighted by atomic mass is 10.2. The molecule has 0 spiro atoms. The first kappa shape index (κ1) is 22.4. The molecule has 0 amide bonds. The number of aromatic nitrogens is 2. The first-order valence-corrected chi connectivity index (χ1v) is 11.1. The van der Waals surface area contributed by atoms with E-state index >= 15 is 0 Å². The molecular weight excluding hydrogens is 416 g/mol. The number of sulfonamides is 1. The minimum Gasteiger partial charge on any atom is -0.497 e. The maximum Gasteiger partial charge on any atom is 0.240 e. The average Bonchev–Trinajstić information content (AvgIpc) is 2.79. The van der Waals surface area contributed by atoms with E-state index in [9.17, 15) is 8.42 Å². The summed E-state index contributed by atoms with van der Waals surface area (Å²) in [7, 11) is -1.97. The fraction of sp³-hybridized carbons (Fsp3) is 0.182. The number of anilines is 2. The monoisotopic (exact) mass is 440 g/mol. The number of hydrogen-bond donors (Lipinski definition) is 3. The zero-order valence-corrected chi connectivity index (χ0v) is 17.8. The van der Waals surface area contributed by atoms with Crippen LogP contribution in [0.1, 0.15) is 17.5 Å². The van der Waals surface area contributed by atoms with Gasteiger partial charge in [0.15, 0.2) is 0 Å². The molecule has 0 aliphatic heterocycles. The van der Waals surface area contributed by atoms with Gasteiger partial charge in [-0.2, -0.15) is 0 Å². The zero-order chi connectivity index (χ0) is 22.1. The summed E-state index contributed by atoms with van der Waals surface area (Å²) in [6.07, 6.45) is 7.59. The third-order valence-electron chi connectivity index (χ3n) is 4.28. The lowest BCUT2D eigenvalue weighted by Crippen LogP contribution is -2.25. The Bertz CT molecular complexity index is 1120. The van der Waals surface area contributed by atoms with Crippen molar-refractivity contribution in [1.82, 2.24) is 14.7 Å². The second kappa shape index (κ2) is 10.7. The number of methoxy groups -OCH3 is 1. The van der Waals surface area contributed by atoms with Gasteiger partial charge in [0.05, 0.1) is 12.0 Å². The summed E-state index contributed by atoms with van der Waals surface area (Å²) in [6, 6.07) is 14.0. The van der Waals surface area contributed by atoms with Crippen LogP contribution in [0.5, 0.6) is 5.75 Å². The van der Waals surface area contributed by atoms with E-state index in [1.54, 1.807) is 31.6 Å². The van der Waals surface area contributed by atoms with Crippen LogP contribution in [0.2, 0.25) is 0 Å². The highest BCUT2D eigenvalue weighted by atomic mass is 32.2. The van der Waals surface area contributed by atoms with Crippen molar-refractivity contribution in [2.24, 2.45) is 0 Å². The molecule has 162 valence electrons. The molecule has 0 fully saturated rings. The van der Waals surface area contributed by atoms with Gasteiger partial charge in [0, 0.05) is 36.8 Å². The molecule has 0 saturated heterocycles. The van der Waals surface area contributed by atoms with Crippen LogP contribution in [-0.4, -0.2) is 43.8 Å². The third-order valence-corrected chi connectivity index (χ3v) is 5.76. The Morgan fingerprint density at radius 3 is 2.42 bits per heavy atom. The highest BCUT2D eigenvalue weighted by Gasteiger charge is 2.12. The molecular formula is C22H24N4O4S. The molecule has 0 unspecified atom stereocenters. The van der Waals surface area contributed by atoms with Crippen LogP contribution in [0, 0.1) is 0 Å². The van der Waals surface area contributed by atoms with E-state index in [1.165, 1.54) is 12.1 Å². The number of nitrogens with zero attached hydrogens (tertiary/aromatic N) is 2. The molecule has 0 bridgehead atoms. The smallest absolute Gasteiger partial charge is 0.240 e. The first-order chi connectivity index (χ1) is 15.0. The van der Waals surface area contributed by atoms with Crippen LogP contribution >= 0.6 is 0 Å². The van der Waals surface area contributed by atoms with Gasteiger partial charge in [-0.3, -0.25) is 0 Å². The molecule has 0 atom stereocenters. The van der Waals surface area contributed by atoms with E-state index in [0.29, 0.717) is 18.1 Å². The van der Waals surface area contributed by atoms with Crippen molar-refractivity contribution in [3.8, 4) is 5.75 Å². The van der Waals surface area contributed by atoms with Crippen molar-refractivity contribution >= 4 is 33.8 Å². The molecule has 1 aromatic heterocycles. The Balaban J connectivity index is 1.61. The number of aliphatic hydroxyl groups is 1. The normalized spacial score (nSPS) is 11.5. The highest BCUT2D eigenvalue weighted by Crippen LogP contribution is 2.18. The summed E-state index contributed by atoms with van der Waals surface area (Å²) in [6.45, 7) is 0.117. The maximum absolute atomic E-state index is 12.2. The predicted molar refractivity (Wildman–Crippen MR) is 121 cm³/mol. The van der Waals surface area contributed by atoms with E-state index in [-0.39, 0.29) is 18.0 Å². The second-order valence-electron chi connectivity index (χ2n) is 6.57. The van der Waals surface area contributed by atoms with Gasteiger partial charge in [-0.05, 0) is 48.4 Å². The third kappa shape index (κ3) is 6.61. The zero-order valence-electron chi connectivity index (χ0n) is 17.0. The first-order valence-electron chi connectivity index (χ1n) is 9.62. The standard InChI is InChI=1S/C22H24N4O4S/c1-30-20-5-2-4-17(14-20)6-7-18-15-23-22(24-16-18)26-19-8-10-21(11-9-19)31(28,29)25-12-3-13-27/h2,4-11,14-16,25,27H,3,12-13H2,1H3,(H,23,24,26). The van der Waals surface area contributed by atoms with Crippen molar-refractivity contribution in [2.75, 3.05) is 25.6 Å². The molecule has 31 heavy (non-hydrogen) atoms. The van der Waals surface area contributed by atoms with E-state index in [4.69, 9.17) is 9.84 Å². The van der Waals surface area contributed by atoms with Crippen LogP contribution in [0.15, 0.2) is 65.8 Å². The summed E-state index contributed by atoms with van der Waals surface area (Å²) in [5, 5.41) is 11.8. The SMILES string of the molecule is COc1cccc(C=Cc2cnc(Nc3ccc(S(=O)(=O)NCCCO)cc3)nc2)c1. The number of ether oxygens (including phenoxy) is 1. The molecule has 9 heteroatoms. The lowest BCUT2D eigenvalue weighted by Gasteiger charge is -2.08. The summed E-state index contributed by atoms with van der Waals surface area (Å²) >= 11 is 0. The van der Waals surface area contributed by atoms with E-state index in [1.807, 2.05) is 36.4 Å². The van der Waals surface area contributed by atoms with Gasteiger partial charge in [-0.1, -0.05) is 24.3 Å². The van der Waals surface area contributed by atoms with Crippen molar-refractivity contribution < 1.29 is 18.3 Å². The Kier molecular flexibility index (Phi) is 7.71. The summed E-state index contributed by atoms with van der Waals surface area (Å²) in [5.74, 6) is 1.19. The topological polar surface area (TPSA) is 113 Å². The van der Waals surface area contributed by atoms with Crippen molar-refractivity contribution in [2.45, 2.75) is 11.3 Å². The van der Waals surface area contributed by atoms with Crippen LogP contribution in [-0.2, 0) is 10.0 Å². The molecule has 2 aromatic carbocycles. The molecule has 0 radical (unpaired) electrons. The van der Waals surface area contributed by atoms with Gasteiger partial charge in [0.25, 0.3) is 0 Å². The van der Waals surface area contributed by atoms with E-state index in [0.717, 1.165) is 16.9 Å². The Morgan fingerprint density at radius 1 is 1.03 bits per heavy atom. The molecule has 8 nitrogen and oxygen atoms in total. The number of aliphatic hydroxyl groups excluding tert-OH is 1. The number of rotatable bonds is 10. The summed E-state index contributed by atoms with van der Waals surface area (Å²) < 4.78 is 32.0. The Morgan fingerprint density at radius 2 is 1.74 bits per heavy atom. The van der Waals surface area contributed by atoms with Crippen molar-refractivity contribution in [3.05, 3.63) is 72.1 Å². The second-order valence-corrected chi connectivity index (χ2v) is 8.34. The summed E-state index contributed by atoms with van der Waals surface area (Å²) in [4.78, 5) is 8.73. The van der Waals surface area contributed by atoms with Crippen LogP contribution in [0.4, 0.5) is 11.6 Å². The van der Waals surface area contributed by atoms with E-state index < -0.39 is 10.0 Å². The highest BCUT2D eigenvalue weighted by molar-refractivity contribution is 7.89. The number of nitrogens with one attached hydrogen (secondary N) is 2. The lowest BCUT2D eigenvalue weighted by molar-refractivity contribution is 0.289. The Hall–Kier alpha value is -3.27. The molecule has 0 saturated carbocycles. The van der Waals surface area contributed by atoms with Gasteiger partial charge in [0.2, 0.25) is 16.0 Å². The predicted octanol–water partition coefficient (Wildman–Crippen LogP) is 3.06. The van der Waals surface area contributed by atoms with Crippen LogP contribution in [0.3, 0.4) is 0 Å². The number of benzene rings is 2. The minimum absolute atomic E-state index is 0.0685. The summed E-state index contributed by atoms with van der Waals surface area (Å²) in [5.41, 5.74) is 2.50. The molecule has 1 heterocycles. The van der Waals surface area contributed by atoms with Gasteiger partial charge in [-0.25, -0.2) is 23.1 Å². The largest absolute Gasteiger partial charge is 0.497 e. The molecule has 0 aliphatic rings. The molecule has 0 aliphatic carbocycles. The maximum atomic E-state index is 12.2. The Labute approximate surface area is 181 Å². The van der Waals surface area contributed by atoms with Gasteiger partial charge in [-0.15, -0.1) is 0 Å².